The first-order valence-corrected chi connectivity index (χ1v) is 6.54. The van der Waals surface area contributed by atoms with Gasteiger partial charge in [0, 0.05) is 12.0 Å². The van der Waals surface area contributed by atoms with Crippen molar-refractivity contribution in [2.75, 3.05) is 25.2 Å². The summed E-state index contributed by atoms with van der Waals surface area (Å²) >= 11 is 1.79. The third-order valence-corrected chi connectivity index (χ3v) is 3.48. The Balaban J connectivity index is 2.89. The number of aliphatic hydroxyl groups is 1. The van der Waals surface area contributed by atoms with E-state index in [1.807, 2.05) is 30.3 Å². The van der Waals surface area contributed by atoms with Gasteiger partial charge in [0.05, 0.1) is 6.61 Å². The van der Waals surface area contributed by atoms with E-state index in [2.05, 4.69) is 6.26 Å². The third-order valence-electron chi connectivity index (χ3n) is 2.86. The maximum Gasteiger partial charge on any atom is 0.0540 e. The van der Waals surface area contributed by atoms with E-state index in [-0.39, 0.29) is 12.0 Å². The van der Waals surface area contributed by atoms with Crippen molar-refractivity contribution in [1.29, 1.82) is 0 Å². The zero-order valence-electron chi connectivity index (χ0n) is 9.15. The van der Waals surface area contributed by atoms with Crippen LogP contribution in [0.25, 0.3) is 0 Å². The van der Waals surface area contributed by atoms with Gasteiger partial charge in [0.1, 0.15) is 0 Å². The van der Waals surface area contributed by atoms with E-state index in [4.69, 9.17) is 5.73 Å². The molecule has 1 atom stereocenters. The Morgan fingerprint density at radius 1 is 1.33 bits per heavy atom. The first-order valence-electron chi connectivity index (χ1n) is 5.14. The van der Waals surface area contributed by atoms with Crippen LogP contribution in [0.2, 0.25) is 0 Å². The van der Waals surface area contributed by atoms with Gasteiger partial charge in [-0.3, -0.25) is 0 Å². The van der Waals surface area contributed by atoms with Gasteiger partial charge in [0.15, 0.2) is 0 Å². The maximum atomic E-state index is 9.57. The Bertz CT molecular complexity index is 272. The summed E-state index contributed by atoms with van der Waals surface area (Å²) in [6.07, 6.45) is 2.99. The van der Waals surface area contributed by atoms with Crippen molar-refractivity contribution in [3.8, 4) is 0 Å². The molecule has 2 nitrogen and oxygen atoms in total. The van der Waals surface area contributed by atoms with Crippen molar-refractivity contribution in [2.45, 2.75) is 11.8 Å². The third kappa shape index (κ3) is 2.97. The van der Waals surface area contributed by atoms with E-state index in [1.54, 1.807) is 11.8 Å². The van der Waals surface area contributed by atoms with Gasteiger partial charge < -0.3 is 10.8 Å². The Morgan fingerprint density at radius 3 is 2.47 bits per heavy atom. The topological polar surface area (TPSA) is 46.2 Å². The molecule has 3 N–H and O–H groups in total. The summed E-state index contributed by atoms with van der Waals surface area (Å²) in [5.41, 5.74) is 6.70. The predicted molar refractivity (Wildman–Crippen MR) is 67.3 cm³/mol. The van der Waals surface area contributed by atoms with Gasteiger partial charge >= 0.3 is 0 Å². The lowest BCUT2D eigenvalue weighted by Crippen LogP contribution is -2.39. The van der Waals surface area contributed by atoms with Crippen LogP contribution in [-0.2, 0) is 5.41 Å². The fraction of sp³-hybridized carbons (Fsp3) is 0.500. The number of benzene rings is 1. The average Bonchev–Trinajstić information content (AvgIpc) is 2.33. The fourth-order valence-electron chi connectivity index (χ4n) is 1.69. The second-order valence-electron chi connectivity index (χ2n) is 3.75. The number of thioether (sulfide) groups is 1. The van der Waals surface area contributed by atoms with Crippen LogP contribution in [0.1, 0.15) is 12.0 Å². The van der Waals surface area contributed by atoms with Crippen LogP contribution in [0.5, 0.6) is 0 Å². The summed E-state index contributed by atoms with van der Waals surface area (Å²) in [6, 6.07) is 10.1. The molecule has 3 heteroatoms. The van der Waals surface area contributed by atoms with Crippen LogP contribution in [0.3, 0.4) is 0 Å². The lowest BCUT2D eigenvalue weighted by Gasteiger charge is -2.30. The van der Waals surface area contributed by atoms with E-state index in [0.29, 0.717) is 6.54 Å². The normalized spacial score (nSPS) is 14.9. The van der Waals surface area contributed by atoms with Gasteiger partial charge in [-0.25, -0.2) is 0 Å². The Kier molecular flexibility index (Phi) is 5.15. The van der Waals surface area contributed by atoms with Crippen molar-refractivity contribution in [3.63, 3.8) is 0 Å². The highest BCUT2D eigenvalue weighted by atomic mass is 32.2. The molecule has 0 fully saturated rings. The van der Waals surface area contributed by atoms with E-state index >= 15 is 0 Å². The number of aliphatic hydroxyl groups excluding tert-OH is 1. The van der Waals surface area contributed by atoms with Gasteiger partial charge in [0.2, 0.25) is 0 Å². The van der Waals surface area contributed by atoms with Crippen molar-refractivity contribution < 1.29 is 5.11 Å². The summed E-state index contributed by atoms with van der Waals surface area (Å²) in [5, 5.41) is 9.57. The molecule has 0 saturated carbocycles. The minimum atomic E-state index is -0.260. The Hall–Kier alpha value is -0.510. The van der Waals surface area contributed by atoms with Crippen LogP contribution < -0.4 is 5.73 Å². The quantitative estimate of drug-likeness (QED) is 0.773. The molecule has 0 spiro atoms. The highest BCUT2D eigenvalue weighted by Crippen LogP contribution is 2.27. The molecular formula is C12H19NOS. The molecule has 1 rings (SSSR count). The van der Waals surface area contributed by atoms with Crippen LogP contribution in [0.4, 0.5) is 0 Å². The van der Waals surface area contributed by atoms with Crippen LogP contribution in [-0.4, -0.2) is 30.3 Å². The summed E-state index contributed by atoms with van der Waals surface area (Å²) in [6.45, 7) is 0.613. The molecule has 0 aliphatic rings. The zero-order valence-corrected chi connectivity index (χ0v) is 9.96. The van der Waals surface area contributed by atoms with Crippen molar-refractivity contribution in [2.24, 2.45) is 5.73 Å². The molecule has 0 aliphatic heterocycles. The molecule has 15 heavy (non-hydrogen) atoms. The Labute approximate surface area is 95.9 Å². The largest absolute Gasteiger partial charge is 0.395 e. The van der Waals surface area contributed by atoms with Gasteiger partial charge in [-0.15, -0.1) is 0 Å². The molecule has 84 valence electrons. The highest BCUT2D eigenvalue weighted by molar-refractivity contribution is 7.98. The Morgan fingerprint density at radius 2 is 2.00 bits per heavy atom. The van der Waals surface area contributed by atoms with Crippen molar-refractivity contribution in [3.05, 3.63) is 35.9 Å². The molecule has 0 radical (unpaired) electrons. The predicted octanol–water partition coefficient (Wildman–Crippen LogP) is 1.63. The maximum absolute atomic E-state index is 9.57. The minimum Gasteiger partial charge on any atom is -0.395 e. The summed E-state index contributed by atoms with van der Waals surface area (Å²) in [5.74, 6) is 1.02. The number of hydrogen-bond donors (Lipinski definition) is 2. The monoisotopic (exact) mass is 225 g/mol. The lowest BCUT2D eigenvalue weighted by atomic mass is 9.79. The molecular weight excluding hydrogens is 206 g/mol. The van der Waals surface area contributed by atoms with Gasteiger partial charge in [-0.05, 0) is 24.0 Å². The van der Waals surface area contributed by atoms with Crippen molar-refractivity contribution >= 4 is 11.8 Å². The molecule has 1 aromatic rings. The lowest BCUT2D eigenvalue weighted by molar-refractivity contribution is 0.193. The average molecular weight is 225 g/mol. The second kappa shape index (κ2) is 6.16. The smallest absolute Gasteiger partial charge is 0.0540 e. The molecule has 0 saturated heterocycles. The number of nitrogens with two attached hydrogens (primary N) is 1. The van der Waals surface area contributed by atoms with E-state index in [9.17, 15) is 5.11 Å². The number of hydrogen-bond acceptors (Lipinski definition) is 3. The first-order chi connectivity index (χ1) is 7.29. The van der Waals surface area contributed by atoms with Crippen LogP contribution in [0.15, 0.2) is 30.3 Å². The fourth-order valence-corrected chi connectivity index (χ4v) is 2.28. The van der Waals surface area contributed by atoms with E-state index in [0.717, 1.165) is 17.7 Å². The van der Waals surface area contributed by atoms with E-state index < -0.39 is 0 Å². The molecule has 1 aromatic carbocycles. The molecule has 1 unspecified atom stereocenters. The standard InChI is InChI=1S/C12H19NOS/c1-15-8-7-12(9-13,10-14)11-5-3-2-4-6-11/h2-6,14H,7-10,13H2,1H3. The van der Waals surface area contributed by atoms with Gasteiger partial charge in [-0.1, -0.05) is 30.3 Å². The summed E-state index contributed by atoms with van der Waals surface area (Å²) in [4.78, 5) is 0. The number of rotatable bonds is 6. The SMILES string of the molecule is CSCCC(CN)(CO)c1ccccc1. The molecule has 0 amide bonds. The van der Waals surface area contributed by atoms with Crippen LogP contribution in [0, 0.1) is 0 Å². The van der Waals surface area contributed by atoms with Gasteiger partial charge in [0.25, 0.3) is 0 Å². The summed E-state index contributed by atoms with van der Waals surface area (Å²) in [7, 11) is 0. The molecule has 0 aromatic heterocycles. The van der Waals surface area contributed by atoms with Crippen LogP contribution >= 0.6 is 11.8 Å². The first kappa shape index (κ1) is 12.6. The summed E-state index contributed by atoms with van der Waals surface area (Å²) < 4.78 is 0. The van der Waals surface area contributed by atoms with E-state index in [1.165, 1.54) is 0 Å². The molecule has 0 aliphatic carbocycles. The zero-order chi connectivity index (χ0) is 11.1. The highest BCUT2D eigenvalue weighted by Gasteiger charge is 2.29. The van der Waals surface area contributed by atoms with Gasteiger partial charge in [-0.2, -0.15) is 11.8 Å². The molecule has 0 bridgehead atoms. The second-order valence-corrected chi connectivity index (χ2v) is 4.74. The molecule has 0 heterocycles. The van der Waals surface area contributed by atoms with Crippen molar-refractivity contribution in [1.82, 2.24) is 0 Å². The minimum absolute atomic E-state index is 0.119.